The van der Waals surface area contributed by atoms with E-state index in [1.54, 1.807) is 4.80 Å². The van der Waals surface area contributed by atoms with Gasteiger partial charge in [0.05, 0.1) is 5.69 Å². The van der Waals surface area contributed by atoms with Gasteiger partial charge in [-0.15, -0.1) is 10.2 Å². The van der Waals surface area contributed by atoms with E-state index in [0.29, 0.717) is 0 Å². The molecule has 0 aliphatic carbocycles. The predicted molar refractivity (Wildman–Crippen MR) is 129 cm³/mol. The number of esters is 1. The number of hydrogen-bond donors (Lipinski definition) is 1. The fourth-order valence-corrected chi connectivity index (χ4v) is 5.50. The minimum Gasteiger partial charge on any atom is -0.433 e. The molecular formula is C27H35N3O3. The van der Waals surface area contributed by atoms with Crippen LogP contribution in [-0.2, 0) is 14.9 Å². The maximum absolute atomic E-state index is 13.1. The summed E-state index contributed by atoms with van der Waals surface area (Å²) in [5.74, 6) is -0.228. The third-order valence-corrected chi connectivity index (χ3v) is 7.34. The van der Waals surface area contributed by atoms with Gasteiger partial charge in [-0.1, -0.05) is 78.1 Å². The summed E-state index contributed by atoms with van der Waals surface area (Å²) >= 11 is 0. The summed E-state index contributed by atoms with van der Waals surface area (Å²) in [5.41, 5.74) is 1.99. The van der Waals surface area contributed by atoms with Crippen molar-refractivity contribution in [2.75, 3.05) is 0 Å². The standard InChI is InChI=1S/C27H35N3O3/c1-6-7-8-14-21(26(3,4)5)18(2)27(24(31)33-25(27)32)19-12-11-13-20(17-19)30-28-22-15-9-10-16-23(22)29-30/h9-13,15-18,21,24,31H,6-8,14H2,1-5H3. The average Bonchev–Trinajstić information content (AvgIpc) is 3.20. The molecule has 4 rings (SSSR count). The van der Waals surface area contributed by atoms with Crippen molar-refractivity contribution >= 4 is 17.0 Å². The van der Waals surface area contributed by atoms with E-state index in [1.807, 2.05) is 48.5 Å². The lowest BCUT2D eigenvalue weighted by molar-refractivity contribution is -0.250. The molecular weight excluding hydrogens is 414 g/mol. The zero-order chi connectivity index (χ0) is 23.8. The number of aliphatic hydroxyl groups excluding tert-OH is 1. The second kappa shape index (κ2) is 8.90. The van der Waals surface area contributed by atoms with Crippen molar-refractivity contribution in [3.05, 3.63) is 54.1 Å². The van der Waals surface area contributed by atoms with Crippen LogP contribution in [0.4, 0.5) is 0 Å². The molecule has 0 radical (unpaired) electrons. The summed E-state index contributed by atoms with van der Waals surface area (Å²) in [6, 6.07) is 15.4. The van der Waals surface area contributed by atoms with Gasteiger partial charge in [0.15, 0.2) is 5.41 Å². The molecule has 3 aromatic rings. The molecule has 4 unspecified atom stereocenters. The van der Waals surface area contributed by atoms with E-state index in [4.69, 9.17) is 4.74 Å². The second-order valence-corrected chi connectivity index (χ2v) is 10.4. The van der Waals surface area contributed by atoms with Crippen molar-refractivity contribution in [1.82, 2.24) is 15.0 Å². The molecule has 176 valence electrons. The Balaban J connectivity index is 1.76. The molecule has 2 aromatic carbocycles. The van der Waals surface area contributed by atoms with Gasteiger partial charge in [0.25, 0.3) is 0 Å². The summed E-state index contributed by atoms with van der Waals surface area (Å²) in [7, 11) is 0. The first kappa shape index (κ1) is 23.4. The number of benzene rings is 2. The van der Waals surface area contributed by atoms with E-state index >= 15 is 0 Å². The normalized spacial score (nSPS) is 22.6. The summed E-state index contributed by atoms with van der Waals surface area (Å²) in [6.45, 7) is 11.0. The number of ether oxygens (including phenoxy) is 1. The number of rotatable bonds is 8. The third-order valence-electron chi connectivity index (χ3n) is 7.34. The fourth-order valence-electron chi connectivity index (χ4n) is 5.50. The van der Waals surface area contributed by atoms with E-state index in [1.165, 1.54) is 0 Å². The van der Waals surface area contributed by atoms with Crippen LogP contribution in [0, 0.1) is 17.3 Å². The zero-order valence-electron chi connectivity index (χ0n) is 20.3. The zero-order valence-corrected chi connectivity index (χ0v) is 20.3. The molecule has 1 aliphatic heterocycles. The van der Waals surface area contributed by atoms with Gasteiger partial charge in [0.1, 0.15) is 11.0 Å². The smallest absolute Gasteiger partial charge is 0.325 e. The van der Waals surface area contributed by atoms with E-state index in [2.05, 4.69) is 44.8 Å². The highest BCUT2D eigenvalue weighted by molar-refractivity contribution is 5.89. The molecule has 6 heteroatoms. The molecule has 2 heterocycles. The lowest BCUT2D eigenvalue weighted by Crippen LogP contribution is -2.65. The van der Waals surface area contributed by atoms with Crippen LogP contribution in [0.5, 0.6) is 0 Å². The largest absolute Gasteiger partial charge is 0.433 e. The van der Waals surface area contributed by atoms with Gasteiger partial charge in [-0.3, -0.25) is 4.79 Å². The Bertz CT molecular complexity index is 1100. The molecule has 1 saturated heterocycles. The number of aromatic nitrogens is 3. The summed E-state index contributed by atoms with van der Waals surface area (Å²) in [5, 5.41) is 20.1. The molecule has 1 aromatic heterocycles. The van der Waals surface area contributed by atoms with Crippen molar-refractivity contribution < 1.29 is 14.6 Å². The van der Waals surface area contributed by atoms with Crippen molar-refractivity contribution in [2.45, 2.75) is 72.0 Å². The van der Waals surface area contributed by atoms with Gasteiger partial charge < -0.3 is 9.84 Å². The Morgan fingerprint density at radius 3 is 2.30 bits per heavy atom. The van der Waals surface area contributed by atoms with Crippen molar-refractivity contribution in [3.63, 3.8) is 0 Å². The number of carbonyl (C=O) groups excluding carboxylic acids is 1. The quantitative estimate of drug-likeness (QED) is 0.367. The molecule has 33 heavy (non-hydrogen) atoms. The predicted octanol–water partition coefficient (Wildman–Crippen LogP) is 5.41. The highest BCUT2D eigenvalue weighted by Crippen LogP contribution is 2.52. The van der Waals surface area contributed by atoms with E-state index in [0.717, 1.165) is 48.0 Å². The summed E-state index contributed by atoms with van der Waals surface area (Å²) in [4.78, 5) is 14.7. The highest BCUT2D eigenvalue weighted by Gasteiger charge is 2.64. The van der Waals surface area contributed by atoms with Crippen LogP contribution < -0.4 is 0 Å². The maximum atomic E-state index is 13.1. The first-order valence-electron chi connectivity index (χ1n) is 12.0. The maximum Gasteiger partial charge on any atom is 0.325 e. The first-order valence-corrected chi connectivity index (χ1v) is 12.0. The minimum atomic E-state index is -1.17. The number of nitrogens with zero attached hydrogens (tertiary/aromatic N) is 3. The number of fused-ring (bicyclic) bond motifs is 1. The molecule has 0 spiro atoms. The Labute approximate surface area is 196 Å². The van der Waals surface area contributed by atoms with Crippen LogP contribution in [0.1, 0.15) is 65.9 Å². The Morgan fingerprint density at radius 2 is 1.76 bits per heavy atom. The van der Waals surface area contributed by atoms with Crippen LogP contribution in [0.2, 0.25) is 0 Å². The lowest BCUT2D eigenvalue weighted by atomic mass is 9.57. The van der Waals surface area contributed by atoms with Gasteiger partial charge in [-0.2, -0.15) is 4.80 Å². The minimum absolute atomic E-state index is 0.0192. The van der Waals surface area contributed by atoms with Crippen LogP contribution in [0.25, 0.3) is 16.7 Å². The molecule has 0 amide bonds. The Hall–Kier alpha value is -2.73. The molecule has 4 atom stereocenters. The molecule has 1 N–H and O–H groups in total. The third kappa shape index (κ3) is 4.05. The Morgan fingerprint density at radius 1 is 1.09 bits per heavy atom. The van der Waals surface area contributed by atoms with Gasteiger partial charge >= 0.3 is 5.97 Å². The van der Waals surface area contributed by atoms with Gasteiger partial charge in [-0.05, 0) is 53.5 Å². The lowest BCUT2D eigenvalue weighted by Gasteiger charge is -2.52. The van der Waals surface area contributed by atoms with Crippen molar-refractivity contribution in [3.8, 4) is 5.69 Å². The monoisotopic (exact) mass is 449 g/mol. The summed E-state index contributed by atoms with van der Waals surface area (Å²) in [6.07, 6.45) is 3.25. The van der Waals surface area contributed by atoms with E-state index in [-0.39, 0.29) is 23.2 Å². The fraction of sp³-hybridized carbons (Fsp3) is 0.519. The molecule has 0 bridgehead atoms. The highest BCUT2D eigenvalue weighted by atomic mass is 16.7. The Kier molecular flexibility index (Phi) is 6.32. The first-order chi connectivity index (χ1) is 15.7. The average molecular weight is 450 g/mol. The SMILES string of the molecule is CCCCCC(C(C)C1(c2cccc(-n3nc4ccccc4n3)c2)C(=O)OC1O)C(C)(C)C. The van der Waals surface area contributed by atoms with Crippen molar-refractivity contribution in [1.29, 1.82) is 0 Å². The summed E-state index contributed by atoms with van der Waals surface area (Å²) < 4.78 is 5.19. The van der Waals surface area contributed by atoms with Gasteiger partial charge in [-0.25, -0.2) is 0 Å². The number of unbranched alkanes of at least 4 members (excludes halogenated alkanes) is 2. The number of carbonyl (C=O) groups is 1. The molecule has 1 aliphatic rings. The topological polar surface area (TPSA) is 77.2 Å². The second-order valence-electron chi connectivity index (χ2n) is 10.4. The molecule has 6 nitrogen and oxygen atoms in total. The van der Waals surface area contributed by atoms with E-state index in [9.17, 15) is 9.90 Å². The molecule has 0 saturated carbocycles. The van der Waals surface area contributed by atoms with Crippen LogP contribution in [0.3, 0.4) is 0 Å². The van der Waals surface area contributed by atoms with Gasteiger partial charge in [0.2, 0.25) is 6.29 Å². The number of cyclic esters (lactones) is 1. The van der Waals surface area contributed by atoms with Crippen LogP contribution in [0.15, 0.2) is 48.5 Å². The number of hydrogen-bond acceptors (Lipinski definition) is 5. The van der Waals surface area contributed by atoms with Crippen LogP contribution in [-0.4, -0.2) is 32.4 Å². The van der Waals surface area contributed by atoms with Gasteiger partial charge in [0, 0.05) is 0 Å². The number of aliphatic hydroxyl groups is 1. The van der Waals surface area contributed by atoms with E-state index < -0.39 is 11.7 Å². The van der Waals surface area contributed by atoms with Crippen molar-refractivity contribution in [2.24, 2.45) is 17.3 Å². The molecule has 1 fully saturated rings. The van der Waals surface area contributed by atoms with Crippen LogP contribution >= 0.6 is 0 Å².